The van der Waals surface area contributed by atoms with Gasteiger partial charge in [-0.15, -0.1) is 0 Å². The minimum absolute atomic E-state index is 0.0233. The first-order valence-electron chi connectivity index (χ1n) is 10.1. The second-order valence-electron chi connectivity index (χ2n) is 8.21. The summed E-state index contributed by atoms with van der Waals surface area (Å²) < 4.78 is 0. The largest absolute Gasteiger partial charge is 0.478 e. The van der Waals surface area contributed by atoms with Crippen LogP contribution < -0.4 is 11.1 Å². The molecule has 7 nitrogen and oxygen atoms in total. The number of hydrogen-bond donors (Lipinski definition) is 3. The standard InChI is InChI=1S/C19H27N3O4.C4H10/c1-12(2)16(8-13(3)19(25)26)22(4)17(23)11-21-18(24)15-7-5-6-14(9-15)10-20;1-4(2)3/h5-9,12,16H,10-11,20H2,1-4H3,(H,21,24)(H,25,26);4H,1-3H3/b13-8+;/t16-;/m1./s1. The van der Waals surface area contributed by atoms with Gasteiger partial charge < -0.3 is 21.1 Å². The number of rotatable bonds is 8. The van der Waals surface area contributed by atoms with Gasteiger partial charge in [-0.25, -0.2) is 4.79 Å². The smallest absolute Gasteiger partial charge is 0.331 e. The van der Waals surface area contributed by atoms with E-state index < -0.39 is 5.97 Å². The first-order chi connectivity index (χ1) is 13.9. The molecule has 0 bridgehead atoms. The number of carbonyl (C=O) groups excluding carboxylic acids is 2. The van der Waals surface area contributed by atoms with Gasteiger partial charge in [-0.2, -0.15) is 0 Å². The fraction of sp³-hybridized carbons (Fsp3) is 0.522. The Balaban J connectivity index is 0.00000192. The van der Waals surface area contributed by atoms with Crippen molar-refractivity contribution in [3.63, 3.8) is 0 Å². The van der Waals surface area contributed by atoms with Gasteiger partial charge in [0.05, 0.1) is 12.6 Å². The predicted octanol–water partition coefficient (Wildman–Crippen LogP) is 3.05. The van der Waals surface area contributed by atoms with Crippen LogP contribution >= 0.6 is 0 Å². The molecule has 0 saturated carbocycles. The SMILES string of the molecule is C/C(=C\[C@H](C(C)C)N(C)C(=O)CNC(=O)c1cccc(CN)c1)C(=O)O.CC(C)C. The van der Waals surface area contributed by atoms with Gasteiger partial charge in [0, 0.05) is 24.7 Å². The van der Waals surface area contributed by atoms with Gasteiger partial charge in [0.1, 0.15) is 0 Å². The van der Waals surface area contributed by atoms with Crippen molar-refractivity contribution < 1.29 is 19.5 Å². The number of nitrogens with one attached hydrogen (secondary N) is 1. The summed E-state index contributed by atoms with van der Waals surface area (Å²) in [6.45, 7) is 11.9. The van der Waals surface area contributed by atoms with Crippen LogP contribution in [0.5, 0.6) is 0 Å². The van der Waals surface area contributed by atoms with Crippen molar-refractivity contribution in [1.29, 1.82) is 0 Å². The third-order valence-corrected chi connectivity index (χ3v) is 4.11. The van der Waals surface area contributed by atoms with Crippen molar-refractivity contribution in [2.45, 2.75) is 54.1 Å². The molecule has 0 fully saturated rings. The van der Waals surface area contributed by atoms with Gasteiger partial charge in [0.15, 0.2) is 0 Å². The molecule has 168 valence electrons. The number of hydrogen-bond acceptors (Lipinski definition) is 4. The van der Waals surface area contributed by atoms with Crippen molar-refractivity contribution in [3.05, 3.63) is 47.0 Å². The van der Waals surface area contributed by atoms with E-state index in [1.807, 2.05) is 19.9 Å². The lowest BCUT2D eigenvalue weighted by Gasteiger charge is -2.29. The van der Waals surface area contributed by atoms with Crippen molar-refractivity contribution in [2.75, 3.05) is 13.6 Å². The summed E-state index contributed by atoms with van der Waals surface area (Å²) in [5, 5.41) is 11.6. The minimum Gasteiger partial charge on any atom is -0.478 e. The zero-order chi connectivity index (χ0) is 23.4. The highest BCUT2D eigenvalue weighted by Crippen LogP contribution is 2.13. The van der Waals surface area contributed by atoms with E-state index in [0.29, 0.717) is 12.1 Å². The molecule has 0 spiro atoms. The molecule has 1 atom stereocenters. The van der Waals surface area contributed by atoms with Gasteiger partial charge in [0.2, 0.25) is 5.91 Å². The summed E-state index contributed by atoms with van der Waals surface area (Å²) in [6.07, 6.45) is 1.55. The number of carboxylic acids is 1. The number of amides is 2. The molecule has 30 heavy (non-hydrogen) atoms. The molecule has 1 aromatic carbocycles. The van der Waals surface area contributed by atoms with E-state index in [9.17, 15) is 14.4 Å². The van der Waals surface area contributed by atoms with Crippen molar-refractivity contribution in [3.8, 4) is 0 Å². The Hall–Kier alpha value is -2.67. The lowest BCUT2D eigenvalue weighted by molar-refractivity contribution is -0.133. The van der Waals surface area contributed by atoms with E-state index in [-0.39, 0.29) is 35.9 Å². The maximum absolute atomic E-state index is 12.4. The predicted molar refractivity (Wildman–Crippen MR) is 120 cm³/mol. The van der Waals surface area contributed by atoms with Crippen LogP contribution in [0.2, 0.25) is 0 Å². The maximum atomic E-state index is 12.4. The molecule has 0 unspecified atom stereocenters. The van der Waals surface area contributed by atoms with Crippen molar-refractivity contribution in [1.82, 2.24) is 10.2 Å². The van der Waals surface area contributed by atoms with Crippen molar-refractivity contribution in [2.24, 2.45) is 17.6 Å². The molecule has 0 radical (unpaired) electrons. The summed E-state index contributed by atoms with van der Waals surface area (Å²) in [4.78, 5) is 37.1. The zero-order valence-corrected chi connectivity index (χ0v) is 19.2. The van der Waals surface area contributed by atoms with Crippen LogP contribution in [-0.4, -0.2) is 47.4 Å². The van der Waals surface area contributed by atoms with Gasteiger partial charge in [0.25, 0.3) is 5.91 Å². The quantitative estimate of drug-likeness (QED) is 0.561. The second kappa shape index (κ2) is 13.5. The molecular weight excluding hydrogens is 382 g/mol. The minimum atomic E-state index is -1.02. The molecular formula is C23H37N3O4. The number of carboxylic acid groups (broad SMARTS) is 1. The van der Waals surface area contributed by atoms with E-state index in [1.165, 1.54) is 11.8 Å². The Labute approximate surface area is 180 Å². The average Bonchev–Trinajstić information content (AvgIpc) is 2.68. The maximum Gasteiger partial charge on any atom is 0.331 e. The summed E-state index contributed by atoms with van der Waals surface area (Å²) in [6, 6.07) is 6.51. The van der Waals surface area contributed by atoms with Crippen LogP contribution in [0.25, 0.3) is 0 Å². The summed E-state index contributed by atoms with van der Waals surface area (Å²) in [5.41, 5.74) is 7.00. The molecule has 7 heteroatoms. The van der Waals surface area contributed by atoms with Gasteiger partial charge in [-0.3, -0.25) is 9.59 Å². The van der Waals surface area contributed by atoms with E-state index in [2.05, 4.69) is 26.1 Å². The van der Waals surface area contributed by atoms with Crippen LogP contribution in [0.15, 0.2) is 35.9 Å². The molecule has 2 amide bonds. The highest BCUT2D eigenvalue weighted by Gasteiger charge is 2.22. The topological polar surface area (TPSA) is 113 Å². The third-order valence-electron chi connectivity index (χ3n) is 4.11. The summed E-state index contributed by atoms with van der Waals surface area (Å²) in [5.74, 6) is -0.832. The monoisotopic (exact) mass is 419 g/mol. The van der Waals surface area contributed by atoms with Crippen LogP contribution in [-0.2, 0) is 16.1 Å². The van der Waals surface area contributed by atoms with Gasteiger partial charge in [-0.05, 0) is 36.5 Å². The number of aliphatic carboxylic acids is 1. The fourth-order valence-corrected chi connectivity index (χ4v) is 2.47. The van der Waals surface area contributed by atoms with Crippen LogP contribution in [0, 0.1) is 11.8 Å². The lowest BCUT2D eigenvalue weighted by Crippen LogP contribution is -2.44. The number of nitrogens with zero attached hydrogens (tertiary/aromatic N) is 1. The molecule has 1 aromatic rings. The van der Waals surface area contributed by atoms with E-state index in [1.54, 1.807) is 31.3 Å². The van der Waals surface area contributed by atoms with E-state index in [0.717, 1.165) is 11.5 Å². The van der Waals surface area contributed by atoms with Crippen LogP contribution in [0.3, 0.4) is 0 Å². The number of carbonyl (C=O) groups is 3. The Morgan fingerprint density at radius 3 is 2.20 bits per heavy atom. The van der Waals surface area contributed by atoms with Crippen LogP contribution in [0.4, 0.5) is 0 Å². The summed E-state index contributed by atoms with van der Waals surface area (Å²) >= 11 is 0. The number of benzene rings is 1. The molecule has 0 aliphatic rings. The zero-order valence-electron chi connectivity index (χ0n) is 19.2. The first-order valence-corrected chi connectivity index (χ1v) is 10.1. The number of likely N-dealkylation sites (N-methyl/N-ethyl adjacent to an activating group) is 1. The lowest BCUT2D eigenvalue weighted by atomic mass is 10.00. The molecule has 4 N–H and O–H groups in total. The molecule has 0 aliphatic carbocycles. The highest BCUT2D eigenvalue weighted by molar-refractivity contribution is 5.96. The molecule has 0 saturated heterocycles. The van der Waals surface area contributed by atoms with Crippen LogP contribution in [0.1, 0.15) is 57.5 Å². The van der Waals surface area contributed by atoms with E-state index >= 15 is 0 Å². The Bertz CT molecular complexity index is 739. The Kier molecular flexibility index (Phi) is 12.3. The third kappa shape index (κ3) is 10.2. The average molecular weight is 420 g/mol. The van der Waals surface area contributed by atoms with Gasteiger partial charge >= 0.3 is 5.97 Å². The number of nitrogens with two attached hydrogens (primary N) is 1. The second-order valence-corrected chi connectivity index (χ2v) is 8.21. The molecule has 0 aromatic heterocycles. The highest BCUT2D eigenvalue weighted by atomic mass is 16.4. The summed E-state index contributed by atoms with van der Waals surface area (Å²) in [7, 11) is 1.60. The molecule has 0 aliphatic heterocycles. The Morgan fingerprint density at radius 2 is 1.73 bits per heavy atom. The fourth-order valence-electron chi connectivity index (χ4n) is 2.47. The van der Waals surface area contributed by atoms with Gasteiger partial charge in [-0.1, -0.05) is 52.8 Å². The molecule has 0 heterocycles. The Morgan fingerprint density at radius 1 is 1.17 bits per heavy atom. The normalized spacial score (nSPS) is 12.1. The first kappa shape index (κ1) is 27.3. The van der Waals surface area contributed by atoms with Crippen molar-refractivity contribution >= 4 is 17.8 Å². The molecule has 1 rings (SSSR count). The van der Waals surface area contributed by atoms with E-state index in [4.69, 9.17) is 10.8 Å².